The van der Waals surface area contributed by atoms with Crippen molar-refractivity contribution in [1.29, 1.82) is 0 Å². The summed E-state index contributed by atoms with van der Waals surface area (Å²) >= 11 is 1.72. The zero-order valence-electron chi connectivity index (χ0n) is 13.1. The first-order chi connectivity index (χ1) is 10.3. The highest BCUT2D eigenvalue weighted by Gasteiger charge is 2.17. The molecule has 22 heavy (non-hydrogen) atoms. The first-order valence-electron chi connectivity index (χ1n) is 7.13. The van der Waals surface area contributed by atoms with Crippen molar-refractivity contribution in [2.75, 3.05) is 5.32 Å². The molecule has 2 heterocycles. The van der Waals surface area contributed by atoms with Crippen LogP contribution in [0, 0.1) is 0 Å². The number of anilines is 1. The number of benzene rings is 1. The number of nitrogens with zero attached hydrogens (tertiary/aromatic N) is 2. The van der Waals surface area contributed by atoms with Gasteiger partial charge in [-0.25, -0.2) is 9.78 Å². The molecular formula is C16H19N3O2S. The number of fused-ring (bicyclic) bond motifs is 1. The Morgan fingerprint density at radius 3 is 2.82 bits per heavy atom. The number of oxazole rings is 1. The number of nitrogens with one attached hydrogen (secondary N) is 1. The minimum atomic E-state index is -0.343. The Balaban J connectivity index is 1.76. The molecule has 0 saturated heterocycles. The van der Waals surface area contributed by atoms with Crippen molar-refractivity contribution in [3.05, 3.63) is 44.8 Å². The summed E-state index contributed by atoms with van der Waals surface area (Å²) in [6.45, 7) is 7.19. The highest BCUT2D eigenvalue weighted by Crippen LogP contribution is 2.27. The van der Waals surface area contributed by atoms with Crippen molar-refractivity contribution in [2.24, 2.45) is 7.05 Å². The first kappa shape index (κ1) is 14.8. The van der Waals surface area contributed by atoms with Crippen LogP contribution in [0.3, 0.4) is 0 Å². The van der Waals surface area contributed by atoms with Crippen LogP contribution >= 0.6 is 11.3 Å². The molecule has 1 aromatic carbocycles. The average Bonchev–Trinajstić information content (AvgIpc) is 3.02. The van der Waals surface area contributed by atoms with Crippen LogP contribution in [0.4, 0.5) is 5.69 Å². The number of rotatable bonds is 3. The summed E-state index contributed by atoms with van der Waals surface area (Å²) in [6.07, 6.45) is 1.92. The van der Waals surface area contributed by atoms with Crippen molar-refractivity contribution < 1.29 is 4.42 Å². The van der Waals surface area contributed by atoms with Gasteiger partial charge in [0.25, 0.3) is 0 Å². The van der Waals surface area contributed by atoms with Crippen LogP contribution < -0.4 is 11.1 Å². The summed E-state index contributed by atoms with van der Waals surface area (Å²) in [4.78, 5) is 17.2. The zero-order valence-corrected chi connectivity index (χ0v) is 14.0. The largest absolute Gasteiger partial charge is 0.419 e. The van der Waals surface area contributed by atoms with Crippen molar-refractivity contribution in [2.45, 2.75) is 32.7 Å². The van der Waals surface area contributed by atoms with E-state index < -0.39 is 0 Å². The summed E-state index contributed by atoms with van der Waals surface area (Å²) in [5.41, 5.74) is 2.39. The van der Waals surface area contributed by atoms with Crippen LogP contribution in [-0.2, 0) is 19.0 Å². The lowest BCUT2D eigenvalue weighted by atomic mass is 9.98. The van der Waals surface area contributed by atoms with Crippen molar-refractivity contribution in [1.82, 2.24) is 9.55 Å². The second kappa shape index (κ2) is 5.28. The van der Waals surface area contributed by atoms with Gasteiger partial charge in [0.2, 0.25) is 0 Å². The fourth-order valence-electron chi connectivity index (χ4n) is 2.17. The van der Waals surface area contributed by atoms with Crippen molar-refractivity contribution >= 4 is 28.1 Å². The summed E-state index contributed by atoms with van der Waals surface area (Å²) in [7, 11) is 1.70. The summed E-state index contributed by atoms with van der Waals surface area (Å²) < 4.78 is 6.70. The monoisotopic (exact) mass is 317 g/mol. The summed E-state index contributed by atoms with van der Waals surface area (Å²) in [5.74, 6) is -0.343. The van der Waals surface area contributed by atoms with Gasteiger partial charge in [0.15, 0.2) is 5.58 Å². The number of thiazole rings is 1. The van der Waals surface area contributed by atoms with Gasteiger partial charge in [-0.05, 0) is 12.1 Å². The van der Waals surface area contributed by atoms with E-state index in [0.717, 1.165) is 16.2 Å². The van der Waals surface area contributed by atoms with Gasteiger partial charge in [-0.2, -0.15) is 0 Å². The summed E-state index contributed by atoms with van der Waals surface area (Å²) in [6, 6.07) is 5.68. The predicted molar refractivity (Wildman–Crippen MR) is 89.6 cm³/mol. The summed E-state index contributed by atoms with van der Waals surface area (Å²) in [5, 5.41) is 4.48. The van der Waals surface area contributed by atoms with Gasteiger partial charge in [-0.3, -0.25) is 4.57 Å². The minimum Gasteiger partial charge on any atom is -0.408 e. The van der Waals surface area contributed by atoms with Crippen molar-refractivity contribution in [3.63, 3.8) is 0 Å². The van der Waals surface area contributed by atoms with E-state index in [2.05, 4.69) is 31.1 Å². The third-order valence-electron chi connectivity index (χ3n) is 3.45. The Kier molecular flexibility index (Phi) is 3.56. The number of aryl methyl sites for hydroxylation is 1. The molecule has 0 amide bonds. The average molecular weight is 317 g/mol. The van der Waals surface area contributed by atoms with Crippen LogP contribution in [0.15, 0.2) is 33.6 Å². The standard InChI is InChI=1S/C16H19N3O2S/c1-16(2,3)14-18-9-11(22-14)8-17-10-5-6-12-13(7-10)21-15(20)19(12)4/h5-7,9,17H,8H2,1-4H3. The van der Waals surface area contributed by atoms with Gasteiger partial charge >= 0.3 is 5.76 Å². The van der Waals surface area contributed by atoms with E-state index in [1.54, 1.807) is 18.4 Å². The quantitative estimate of drug-likeness (QED) is 0.803. The molecule has 0 saturated carbocycles. The maximum Gasteiger partial charge on any atom is 0.419 e. The molecule has 0 spiro atoms. The molecule has 0 aliphatic rings. The van der Waals surface area contributed by atoms with E-state index in [4.69, 9.17) is 4.42 Å². The van der Waals surface area contributed by atoms with Crippen LogP contribution in [-0.4, -0.2) is 9.55 Å². The second-order valence-electron chi connectivity index (χ2n) is 6.34. The molecule has 3 aromatic rings. The smallest absolute Gasteiger partial charge is 0.408 e. The lowest BCUT2D eigenvalue weighted by Crippen LogP contribution is -2.09. The Labute approximate surface area is 132 Å². The Hall–Kier alpha value is -2.08. The van der Waals surface area contributed by atoms with Gasteiger partial charge in [0, 0.05) is 35.3 Å². The SMILES string of the molecule is Cn1c(=O)oc2cc(NCc3cnc(C(C)(C)C)s3)ccc21. The lowest BCUT2D eigenvalue weighted by molar-refractivity contribution is 0.528. The molecule has 3 rings (SSSR count). The van der Waals surface area contributed by atoms with Crippen LogP contribution in [0.1, 0.15) is 30.7 Å². The van der Waals surface area contributed by atoms with Gasteiger partial charge in [-0.15, -0.1) is 11.3 Å². The van der Waals surface area contributed by atoms with E-state index in [9.17, 15) is 4.79 Å². The molecule has 5 nitrogen and oxygen atoms in total. The second-order valence-corrected chi connectivity index (χ2v) is 7.46. The molecule has 116 valence electrons. The van der Waals surface area contributed by atoms with E-state index in [-0.39, 0.29) is 11.2 Å². The maximum absolute atomic E-state index is 11.5. The third-order valence-corrected chi connectivity index (χ3v) is 4.88. The fraction of sp³-hybridized carbons (Fsp3) is 0.375. The minimum absolute atomic E-state index is 0.0786. The van der Waals surface area contributed by atoms with E-state index in [1.807, 2.05) is 24.4 Å². The van der Waals surface area contributed by atoms with Crippen LogP contribution in [0.25, 0.3) is 11.1 Å². The molecule has 0 aliphatic heterocycles. The van der Waals surface area contributed by atoms with Crippen LogP contribution in [0.5, 0.6) is 0 Å². The molecule has 1 N–H and O–H groups in total. The molecule has 0 atom stereocenters. The topological polar surface area (TPSA) is 60.1 Å². The molecule has 2 aromatic heterocycles. The molecular weight excluding hydrogens is 298 g/mol. The maximum atomic E-state index is 11.5. The Morgan fingerprint density at radius 1 is 1.36 bits per heavy atom. The number of hydrogen-bond donors (Lipinski definition) is 1. The molecule has 0 aliphatic carbocycles. The Bertz CT molecular complexity index is 868. The van der Waals surface area contributed by atoms with Gasteiger partial charge in [-0.1, -0.05) is 20.8 Å². The molecule has 0 unspecified atom stereocenters. The molecule has 0 bridgehead atoms. The molecule has 0 radical (unpaired) electrons. The van der Waals surface area contributed by atoms with Crippen molar-refractivity contribution in [3.8, 4) is 0 Å². The van der Waals surface area contributed by atoms with E-state index in [1.165, 1.54) is 9.44 Å². The Morgan fingerprint density at radius 2 is 2.14 bits per heavy atom. The number of hydrogen-bond acceptors (Lipinski definition) is 5. The van der Waals surface area contributed by atoms with Gasteiger partial charge in [0.1, 0.15) is 0 Å². The predicted octanol–water partition coefficient (Wildman–Crippen LogP) is 3.50. The lowest BCUT2D eigenvalue weighted by Gasteiger charge is -2.13. The highest BCUT2D eigenvalue weighted by atomic mass is 32.1. The van der Waals surface area contributed by atoms with E-state index in [0.29, 0.717) is 12.1 Å². The highest BCUT2D eigenvalue weighted by molar-refractivity contribution is 7.11. The third kappa shape index (κ3) is 2.78. The molecule has 6 heteroatoms. The number of aromatic nitrogens is 2. The first-order valence-corrected chi connectivity index (χ1v) is 7.95. The van der Waals surface area contributed by atoms with E-state index >= 15 is 0 Å². The van der Waals surface area contributed by atoms with Gasteiger partial charge in [0.05, 0.1) is 17.1 Å². The normalized spacial score (nSPS) is 12.0. The van der Waals surface area contributed by atoms with Gasteiger partial charge < -0.3 is 9.73 Å². The fourth-order valence-corrected chi connectivity index (χ4v) is 3.08. The van der Waals surface area contributed by atoms with Crippen LogP contribution in [0.2, 0.25) is 0 Å². The zero-order chi connectivity index (χ0) is 15.9. The molecule has 0 fully saturated rings.